The van der Waals surface area contributed by atoms with Crippen LogP contribution in [-0.2, 0) is 17.4 Å². The zero-order valence-electron chi connectivity index (χ0n) is 16.0. The summed E-state index contributed by atoms with van der Waals surface area (Å²) in [6, 6.07) is 9.85. The first kappa shape index (κ1) is 21.4. The third kappa shape index (κ3) is 5.41. The van der Waals surface area contributed by atoms with Crippen LogP contribution in [0.1, 0.15) is 11.3 Å². The molecule has 0 unspecified atom stereocenters. The minimum atomic E-state index is -4.43. The highest BCUT2D eigenvalue weighted by molar-refractivity contribution is 7.13. The van der Waals surface area contributed by atoms with E-state index in [1.807, 2.05) is 0 Å². The number of ether oxygens (including phenoxy) is 2. The van der Waals surface area contributed by atoms with Crippen molar-refractivity contribution in [2.24, 2.45) is 0 Å². The van der Waals surface area contributed by atoms with E-state index in [0.29, 0.717) is 28.0 Å². The number of anilines is 3. The lowest BCUT2D eigenvalue weighted by molar-refractivity contribution is -0.137. The van der Waals surface area contributed by atoms with Gasteiger partial charge in [0.1, 0.15) is 11.5 Å². The Labute approximate surface area is 174 Å². The average molecular weight is 437 g/mol. The molecule has 0 atom stereocenters. The average Bonchev–Trinajstić information content (AvgIpc) is 3.13. The highest BCUT2D eigenvalue weighted by Crippen LogP contribution is 2.32. The Balaban J connectivity index is 1.65. The topological polar surface area (TPSA) is 72.5 Å². The van der Waals surface area contributed by atoms with E-state index in [4.69, 9.17) is 9.47 Å². The molecule has 0 saturated heterocycles. The molecule has 3 rings (SSSR count). The fourth-order valence-corrected chi connectivity index (χ4v) is 3.34. The Kier molecular flexibility index (Phi) is 6.46. The highest BCUT2D eigenvalue weighted by atomic mass is 32.1. The van der Waals surface area contributed by atoms with Gasteiger partial charge in [0.2, 0.25) is 5.91 Å². The van der Waals surface area contributed by atoms with E-state index in [-0.39, 0.29) is 18.0 Å². The first-order chi connectivity index (χ1) is 14.3. The predicted octanol–water partition coefficient (Wildman–Crippen LogP) is 5.10. The fraction of sp³-hybridized carbons (Fsp3) is 0.200. The van der Waals surface area contributed by atoms with E-state index in [2.05, 4.69) is 15.6 Å². The van der Waals surface area contributed by atoms with Gasteiger partial charge < -0.3 is 20.1 Å². The Morgan fingerprint density at radius 2 is 1.93 bits per heavy atom. The number of aromatic nitrogens is 1. The van der Waals surface area contributed by atoms with E-state index >= 15 is 0 Å². The number of halogens is 3. The van der Waals surface area contributed by atoms with Gasteiger partial charge in [0, 0.05) is 17.1 Å². The standard InChI is InChI=1S/C20H18F3N3O3S/c1-28-15-6-7-17(29-2)16(10-15)26-18(27)9-14-11-30-19(25-14)24-13-5-3-4-12(8-13)20(21,22)23/h3-8,10-11H,9H2,1-2H3,(H,24,25)(H,26,27). The van der Waals surface area contributed by atoms with Crippen molar-refractivity contribution in [1.29, 1.82) is 0 Å². The van der Waals surface area contributed by atoms with Gasteiger partial charge >= 0.3 is 6.18 Å². The zero-order valence-corrected chi connectivity index (χ0v) is 16.9. The van der Waals surface area contributed by atoms with Crippen LogP contribution in [0.25, 0.3) is 0 Å². The van der Waals surface area contributed by atoms with E-state index in [1.165, 1.54) is 37.7 Å². The third-order valence-electron chi connectivity index (χ3n) is 4.02. The molecule has 0 radical (unpaired) electrons. The molecule has 0 aliphatic rings. The van der Waals surface area contributed by atoms with Crippen molar-refractivity contribution in [3.05, 3.63) is 59.1 Å². The first-order valence-corrected chi connectivity index (χ1v) is 9.57. The number of benzene rings is 2. The number of nitrogens with zero attached hydrogens (tertiary/aromatic N) is 1. The van der Waals surface area contributed by atoms with Crippen molar-refractivity contribution >= 4 is 33.8 Å². The van der Waals surface area contributed by atoms with Crippen LogP contribution in [0, 0.1) is 0 Å². The lowest BCUT2D eigenvalue weighted by Gasteiger charge is -2.11. The van der Waals surface area contributed by atoms with E-state index in [9.17, 15) is 18.0 Å². The highest BCUT2D eigenvalue weighted by Gasteiger charge is 2.30. The van der Waals surface area contributed by atoms with Crippen LogP contribution in [0.5, 0.6) is 11.5 Å². The van der Waals surface area contributed by atoms with Gasteiger partial charge in [-0.05, 0) is 30.3 Å². The largest absolute Gasteiger partial charge is 0.497 e. The summed E-state index contributed by atoms with van der Waals surface area (Å²) in [6.45, 7) is 0. The van der Waals surface area contributed by atoms with Crippen molar-refractivity contribution in [3.8, 4) is 11.5 Å². The van der Waals surface area contributed by atoms with Gasteiger partial charge in [0.25, 0.3) is 0 Å². The maximum absolute atomic E-state index is 12.8. The minimum Gasteiger partial charge on any atom is -0.497 e. The Morgan fingerprint density at radius 1 is 1.13 bits per heavy atom. The molecule has 1 amide bonds. The quantitative estimate of drug-likeness (QED) is 0.538. The predicted molar refractivity (Wildman–Crippen MR) is 109 cm³/mol. The number of carbonyl (C=O) groups excluding carboxylic acids is 1. The summed E-state index contributed by atoms with van der Waals surface area (Å²) in [6.07, 6.45) is -4.44. The summed E-state index contributed by atoms with van der Waals surface area (Å²) in [5, 5.41) is 7.63. The van der Waals surface area contributed by atoms with Gasteiger partial charge in [-0.15, -0.1) is 11.3 Å². The number of hydrogen-bond acceptors (Lipinski definition) is 6. The number of nitrogens with one attached hydrogen (secondary N) is 2. The molecule has 6 nitrogen and oxygen atoms in total. The smallest absolute Gasteiger partial charge is 0.416 e. The number of amides is 1. The fourth-order valence-electron chi connectivity index (χ4n) is 2.61. The number of thiazole rings is 1. The van der Waals surface area contributed by atoms with Crippen molar-refractivity contribution in [2.45, 2.75) is 12.6 Å². The van der Waals surface area contributed by atoms with Crippen LogP contribution in [0.4, 0.5) is 29.7 Å². The van der Waals surface area contributed by atoms with Crippen LogP contribution >= 0.6 is 11.3 Å². The van der Waals surface area contributed by atoms with E-state index < -0.39 is 11.7 Å². The molecule has 0 bridgehead atoms. The number of carbonyl (C=O) groups is 1. The molecule has 1 heterocycles. The summed E-state index contributed by atoms with van der Waals surface area (Å²) in [4.78, 5) is 16.6. The van der Waals surface area contributed by atoms with Crippen LogP contribution in [0.15, 0.2) is 47.8 Å². The summed E-state index contributed by atoms with van der Waals surface area (Å²) in [5.41, 5.74) is 0.445. The molecule has 0 saturated carbocycles. The molecule has 30 heavy (non-hydrogen) atoms. The molecular formula is C20H18F3N3O3S. The number of alkyl halides is 3. The first-order valence-electron chi connectivity index (χ1n) is 8.69. The maximum Gasteiger partial charge on any atom is 0.416 e. The summed E-state index contributed by atoms with van der Waals surface area (Å²) < 4.78 is 48.9. The molecule has 0 spiro atoms. The van der Waals surface area contributed by atoms with Crippen molar-refractivity contribution in [1.82, 2.24) is 4.98 Å². The van der Waals surface area contributed by atoms with Gasteiger partial charge in [-0.1, -0.05) is 6.07 Å². The van der Waals surface area contributed by atoms with Crippen LogP contribution in [0.2, 0.25) is 0 Å². The number of methoxy groups -OCH3 is 2. The molecule has 158 valence electrons. The molecule has 2 aromatic carbocycles. The van der Waals surface area contributed by atoms with Crippen molar-refractivity contribution in [3.63, 3.8) is 0 Å². The molecule has 0 aliphatic heterocycles. The second-order valence-electron chi connectivity index (χ2n) is 6.14. The number of rotatable bonds is 7. The van der Waals surface area contributed by atoms with Gasteiger partial charge in [0.05, 0.1) is 37.6 Å². The summed E-state index contributed by atoms with van der Waals surface area (Å²) >= 11 is 1.19. The molecule has 1 aromatic heterocycles. The second-order valence-corrected chi connectivity index (χ2v) is 7.00. The van der Waals surface area contributed by atoms with E-state index in [0.717, 1.165) is 12.1 Å². The van der Waals surface area contributed by atoms with Crippen LogP contribution in [-0.4, -0.2) is 25.1 Å². The Hall–Kier alpha value is -3.27. The second kappa shape index (κ2) is 9.04. The van der Waals surface area contributed by atoms with Gasteiger partial charge in [-0.2, -0.15) is 13.2 Å². The lowest BCUT2D eigenvalue weighted by atomic mass is 10.2. The molecular weight excluding hydrogens is 419 g/mol. The van der Waals surface area contributed by atoms with Gasteiger partial charge in [-0.3, -0.25) is 4.79 Å². The monoisotopic (exact) mass is 437 g/mol. The van der Waals surface area contributed by atoms with E-state index in [1.54, 1.807) is 23.6 Å². The Morgan fingerprint density at radius 3 is 2.63 bits per heavy atom. The molecule has 0 fully saturated rings. The normalized spacial score (nSPS) is 11.1. The third-order valence-corrected chi connectivity index (χ3v) is 4.82. The molecule has 2 N–H and O–H groups in total. The van der Waals surface area contributed by atoms with Gasteiger partial charge in [0.15, 0.2) is 5.13 Å². The zero-order chi connectivity index (χ0) is 21.7. The lowest BCUT2D eigenvalue weighted by Crippen LogP contribution is -2.15. The molecule has 0 aliphatic carbocycles. The molecule has 3 aromatic rings. The SMILES string of the molecule is COc1ccc(OC)c(NC(=O)Cc2csc(Nc3cccc(C(F)(F)F)c3)n2)c1. The summed E-state index contributed by atoms with van der Waals surface area (Å²) in [7, 11) is 3.01. The minimum absolute atomic E-state index is 0.0128. The number of hydrogen-bond donors (Lipinski definition) is 2. The summed E-state index contributed by atoms with van der Waals surface area (Å²) in [5.74, 6) is 0.721. The maximum atomic E-state index is 12.8. The molecule has 10 heteroatoms. The Bertz CT molecular complexity index is 1040. The van der Waals surface area contributed by atoms with Gasteiger partial charge in [-0.25, -0.2) is 4.98 Å². The van der Waals surface area contributed by atoms with Crippen LogP contribution in [0.3, 0.4) is 0 Å². The van der Waals surface area contributed by atoms with Crippen molar-refractivity contribution in [2.75, 3.05) is 24.9 Å². The van der Waals surface area contributed by atoms with Crippen LogP contribution < -0.4 is 20.1 Å². The van der Waals surface area contributed by atoms with Crippen molar-refractivity contribution < 1.29 is 27.4 Å².